The molecule has 4 nitrogen and oxygen atoms in total. The summed E-state index contributed by atoms with van der Waals surface area (Å²) in [6, 6.07) is 2.05. The van der Waals surface area contributed by atoms with Gasteiger partial charge in [-0.15, -0.1) is 0 Å². The first-order valence-electron chi connectivity index (χ1n) is 6.19. The monoisotopic (exact) mass is 246 g/mol. The summed E-state index contributed by atoms with van der Waals surface area (Å²) in [4.78, 5) is 11.9. The van der Waals surface area contributed by atoms with Gasteiger partial charge in [-0.05, 0) is 37.0 Å². The van der Waals surface area contributed by atoms with E-state index < -0.39 is 0 Å². The van der Waals surface area contributed by atoms with Crippen molar-refractivity contribution in [2.45, 2.75) is 33.6 Å². The van der Waals surface area contributed by atoms with Crippen LogP contribution in [0.15, 0.2) is 18.5 Å². The summed E-state index contributed by atoms with van der Waals surface area (Å²) >= 11 is 0. The van der Waals surface area contributed by atoms with Crippen molar-refractivity contribution in [1.29, 1.82) is 0 Å². The first-order chi connectivity index (χ1) is 8.54. The highest BCUT2D eigenvalue weighted by Gasteiger charge is 2.19. The van der Waals surface area contributed by atoms with Crippen LogP contribution in [0.4, 0.5) is 0 Å². The Morgan fingerprint density at radius 3 is 2.83 bits per heavy atom. The van der Waals surface area contributed by atoms with Crippen molar-refractivity contribution >= 4 is 11.5 Å². The van der Waals surface area contributed by atoms with Gasteiger partial charge in [0.15, 0.2) is 0 Å². The number of rotatable bonds is 3. The lowest BCUT2D eigenvalue weighted by molar-refractivity contribution is 0.0524. The molecule has 0 aliphatic heterocycles. The van der Waals surface area contributed by atoms with Gasteiger partial charge >= 0.3 is 5.97 Å². The van der Waals surface area contributed by atoms with Crippen LogP contribution < -0.4 is 0 Å². The molecule has 0 N–H and O–H groups in total. The molecule has 0 aliphatic carbocycles. The average molecular weight is 246 g/mol. The Morgan fingerprint density at radius 2 is 2.22 bits per heavy atom. The molecular weight excluding hydrogens is 228 g/mol. The first kappa shape index (κ1) is 12.6. The minimum atomic E-state index is -0.296. The number of hydrogen-bond donors (Lipinski definition) is 0. The molecule has 0 atom stereocenters. The van der Waals surface area contributed by atoms with E-state index in [0.717, 1.165) is 16.6 Å². The topological polar surface area (TPSA) is 43.6 Å². The van der Waals surface area contributed by atoms with Crippen LogP contribution in [0.5, 0.6) is 0 Å². The van der Waals surface area contributed by atoms with Crippen molar-refractivity contribution in [3.05, 3.63) is 35.2 Å². The summed E-state index contributed by atoms with van der Waals surface area (Å²) in [5.41, 5.74) is 3.67. The molecule has 0 amide bonds. The number of aromatic nitrogens is 2. The standard InChI is InChI=1S/C14H18N2O2/c1-5-18-14(17)11-7-15-16-8-10(4)6-12(16)13(11)9(2)3/h6-9H,5H2,1-4H3. The zero-order valence-electron chi connectivity index (χ0n) is 11.2. The van der Waals surface area contributed by atoms with Crippen LogP contribution >= 0.6 is 0 Å². The third kappa shape index (κ3) is 2.10. The average Bonchev–Trinajstić information content (AvgIpc) is 2.67. The van der Waals surface area contributed by atoms with Crippen LogP contribution in [-0.4, -0.2) is 22.2 Å². The lowest BCUT2D eigenvalue weighted by Gasteiger charge is -2.13. The lowest BCUT2D eigenvalue weighted by atomic mass is 9.98. The molecule has 0 bridgehead atoms. The maximum absolute atomic E-state index is 11.9. The molecule has 0 aliphatic rings. The van der Waals surface area contributed by atoms with Gasteiger partial charge < -0.3 is 4.74 Å². The van der Waals surface area contributed by atoms with Crippen molar-refractivity contribution < 1.29 is 9.53 Å². The quantitative estimate of drug-likeness (QED) is 0.782. The van der Waals surface area contributed by atoms with Gasteiger partial charge in [0, 0.05) is 6.20 Å². The van der Waals surface area contributed by atoms with Gasteiger partial charge in [-0.25, -0.2) is 9.31 Å². The van der Waals surface area contributed by atoms with Crippen molar-refractivity contribution in [3.8, 4) is 0 Å². The maximum Gasteiger partial charge on any atom is 0.340 e. The van der Waals surface area contributed by atoms with Crippen molar-refractivity contribution in [2.24, 2.45) is 0 Å². The van der Waals surface area contributed by atoms with E-state index in [1.54, 1.807) is 13.1 Å². The minimum absolute atomic E-state index is 0.240. The zero-order chi connectivity index (χ0) is 13.3. The highest BCUT2D eigenvalue weighted by molar-refractivity contribution is 5.93. The maximum atomic E-state index is 11.9. The Morgan fingerprint density at radius 1 is 1.50 bits per heavy atom. The minimum Gasteiger partial charge on any atom is -0.462 e. The summed E-state index contributed by atoms with van der Waals surface area (Å²) in [6.07, 6.45) is 3.55. The Kier molecular flexibility index (Phi) is 3.36. The molecule has 0 saturated heterocycles. The largest absolute Gasteiger partial charge is 0.462 e. The smallest absolute Gasteiger partial charge is 0.340 e. The van der Waals surface area contributed by atoms with Crippen LogP contribution in [0.3, 0.4) is 0 Å². The number of aryl methyl sites for hydroxylation is 1. The van der Waals surface area contributed by atoms with E-state index >= 15 is 0 Å². The molecule has 0 fully saturated rings. The molecule has 2 rings (SSSR count). The number of nitrogens with zero attached hydrogens (tertiary/aromatic N) is 2. The number of ether oxygens (including phenoxy) is 1. The number of esters is 1. The SMILES string of the molecule is CCOC(=O)c1cnn2cc(C)cc2c1C(C)C. The van der Waals surface area contributed by atoms with Gasteiger partial charge in [0.05, 0.1) is 23.9 Å². The second-order valence-corrected chi connectivity index (χ2v) is 4.69. The summed E-state index contributed by atoms with van der Waals surface area (Å²) < 4.78 is 6.90. The molecule has 2 heterocycles. The fourth-order valence-corrected chi connectivity index (χ4v) is 2.18. The molecule has 4 heteroatoms. The number of hydrogen-bond acceptors (Lipinski definition) is 3. The van der Waals surface area contributed by atoms with Gasteiger partial charge in [-0.3, -0.25) is 0 Å². The predicted molar refractivity (Wildman–Crippen MR) is 70.0 cm³/mol. The molecule has 2 aromatic heterocycles. The Hall–Kier alpha value is -1.84. The molecule has 0 saturated carbocycles. The summed E-state index contributed by atoms with van der Waals surface area (Å²) in [5.74, 6) is -0.0562. The number of carbonyl (C=O) groups excluding carboxylic acids is 1. The Bertz CT molecular complexity index is 585. The lowest BCUT2D eigenvalue weighted by Crippen LogP contribution is -2.12. The fraction of sp³-hybridized carbons (Fsp3) is 0.429. The molecule has 96 valence electrons. The van der Waals surface area contributed by atoms with E-state index in [2.05, 4.69) is 18.9 Å². The predicted octanol–water partition coefficient (Wildman–Crippen LogP) is 2.94. The fourth-order valence-electron chi connectivity index (χ4n) is 2.18. The summed E-state index contributed by atoms with van der Waals surface area (Å²) in [7, 11) is 0. The molecule has 2 aromatic rings. The van der Waals surface area contributed by atoms with E-state index in [1.165, 1.54) is 0 Å². The molecule has 18 heavy (non-hydrogen) atoms. The zero-order valence-corrected chi connectivity index (χ0v) is 11.2. The third-order valence-electron chi connectivity index (χ3n) is 2.89. The molecule has 0 unspecified atom stereocenters. The van der Waals surface area contributed by atoms with Gasteiger partial charge in [-0.1, -0.05) is 13.8 Å². The van der Waals surface area contributed by atoms with E-state index in [9.17, 15) is 4.79 Å². The normalized spacial score (nSPS) is 11.2. The van der Waals surface area contributed by atoms with Crippen LogP contribution in [0.2, 0.25) is 0 Å². The number of fused-ring (bicyclic) bond motifs is 1. The molecule has 0 radical (unpaired) electrons. The van der Waals surface area contributed by atoms with E-state index in [4.69, 9.17) is 4.74 Å². The molecule has 0 aromatic carbocycles. The summed E-state index contributed by atoms with van der Waals surface area (Å²) in [5, 5.41) is 4.26. The van der Waals surface area contributed by atoms with E-state index in [-0.39, 0.29) is 11.9 Å². The molecular formula is C14H18N2O2. The van der Waals surface area contributed by atoms with Crippen molar-refractivity contribution in [1.82, 2.24) is 9.61 Å². The van der Waals surface area contributed by atoms with Gasteiger partial charge in [0.1, 0.15) is 0 Å². The Balaban J connectivity index is 2.66. The molecule has 0 spiro atoms. The van der Waals surface area contributed by atoms with Gasteiger partial charge in [0.2, 0.25) is 0 Å². The van der Waals surface area contributed by atoms with Gasteiger partial charge in [-0.2, -0.15) is 5.10 Å². The summed E-state index contributed by atoms with van der Waals surface area (Å²) in [6.45, 7) is 8.34. The van der Waals surface area contributed by atoms with Crippen molar-refractivity contribution in [2.75, 3.05) is 6.61 Å². The highest BCUT2D eigenvalue weighted by Crippen LogP contribution is 2.26. The van der Waals surface area contributed by atoms with Gasteiger partial charge in [0.25, 0.3) is 0 Å². The second-order valence-electron chi connectivity index (χ2n) is 4.69. The number of carbonyl (C=O) groups is 1. The van der Waals surface area contributed by atoms with Crippen LogP contribution in [0.1, 0.15) is 48.2 Å². The van der Waals surface area contributed by atoms with Crippen molar-refractivity contribution in [3.63, 3.8) is 0 Å². The third-order valence-corrected chi connectivity index (χ3v) is 2.89. The van der Waals surface area contributed by atoms with E-state index in [0.29, 0.717) is 12.2 Å². The van der Waals surface area contributed by atoms with Crippen LogP contribution in [0.25, 0.3) is 5.52 Å². The second kappa shape index (κ2) is 4.80. The highest BCUT2D eigenvalue weighted by atomic mass is 16.5. The first-order valence-corrected chi connectivity index (χ1v) is 6.19. The van der Waals surface area contributed by atoms with Crippen LogP contribution in [0, 0.1) is 6.92 Å². The Labute approximate surface area is 107 Å². The van der Waals surface area contributed by atoms with Crippen LogP contribution in [-0.2, 0) is 4.74 Å². The van der Waals surface area contributed by atoms with E-state index in [1.807, 2.05) is 23.7 Å².